The van der Waals surface area contributed by atoms with Crippen LogP contribution >= 0.6 is 0 Å². The number of nitro groups is 1. The van der Waals surface area contributed by atoms with Crippen molar-refractivity contribution in [2.45, 2.75) is 4.90 Å². The highest BCUT2D eigenvalue weighted by atomic mass is 32.2. The smallest absolute Gasteiger partial charge is 0.356 e. The monoisotopic (exact) mass is 337 g/mol. The molecule has 23 heavy (non-hydrogen) atoms. The van der Waals surface area contributed by atoms with Gasteiger partial charge in [0.25, 0.3) is 15.7 Å². The molecule has 0 aliphatic heterocycles. The van der Waals surface area contributed by atoms with Gasteiger partial charge in [0, 0.05) is 12.1 Å². The molecule has 0 saturated carbocycles. The largest absolute Gasteiger partial charge is 0.464 e. The molecule has 0 amide bonds. The van der Waals surface area contributed by atoms with Gasteiger partial charge in [-0.05, 0) is 24.3 Å². The van der Waals surface area contributed by atoms with Crippen LogP contribution in [-0.2, 0) is 14.8 Å². The topological polar surface area (TPSA) is 128 Å². The number of anilines is 1. The minimum absolute atomic E-state index is 0.0589. The number of non-ortho nitro benzene ring substituents is 1. The van der Waals surface area contributed by atoms with Crippen LogP contribution in [0, 0.1) is 10.1 Å². The number of hydrogen-bond donors (Lipinski definition) is 1. The van der Waals surface area contributed by atoms with Crippen molar-refractivity contribution in [3.05, 3.63) is 58.3 Å². The van der Waals surface area contributed by atoms with E-state index in [-0.39, 0.29) is 22.1 Å². The first-order valence-electron chi connectivity index (χ1n) is 6.16. The number of hydrogen-bond acceptors (Lipinski definition) is 7. The van der Waals surface area contributed by atoms with Crippen LogP contribution < -0.4 is 4.72 Å². The number of benzene rings is 1. The number of rotatable bonds is 5. The van der Waals surface area contributed by atoms with Crippen LogP contribution in [0.1, 0.15) is 10.5 Å². The van der Waals surface area contributed by atoms with Crippen LogP contribution in [0.2, 0.25) is 0 Å². The summed E-state index contributed by atoms with van der Waals surface area (Å²) < 4.78 is 31.1. The molecule has 0 atom stereocenters. The summed E-state index contributed by atoms with van der Waals surface area (Å²) in [5.41, 5.74) is -0.286. The van der Waals surface area contributed by atoms with E-state index in [1.54, 1.807) is 0 Å². The van der Waals surface area contributed by atoms with Gasteiger partial charge in [-0.15, -0.1) is 0 Å². The maximum Gasteiger partial charge on any atom is 0.356 e. The molecule has 2 aromatic rings. The van der Waals surface area contributed by atoms with Crippen molar-refractivity contribution >= 4 is 27.5 Å². The number of carbonyl (C=O) groups excluding carboxylic acids is 1. The number of ether oxygens (including phenoxy) is 1. The predicted molar refractivity (Wildman–Crippen MR) is 79.5 cm³/mol. The molecule has 10 heteroatoms. The molecule has 1 aromatic carbocycles. The first-order valence-corrected chi connectivity index (χ1v) is 7.64. The summed E-state index contributed by atoms with van der Waals surface area (Å²) in [6, 6.07) is 8.52. The lowest BCUT2D eigenvalue weighted by atomic mass is 10.3. The quantitative estimate of drug-likeness (QED) is 0.498. The number of nitrogens with zero attached hydrogens (tertiary/aromatic N) is 2. The van der Waals surface area contributed by atoms with E-state index in [1.807, 2.05) is 0 Å². The van der Waals surface area contributed by atoms with Gasteiger partial charge in [-0.3, -0.25) is 14.8 Å². The highest BCUT2D eigenvalue weighted by Gasteiger charge is 2.17. The predicted octanol–water partition coefficient (Wildman–Crippen LogP) is 1.58. The second kappa shape index (κ2) is 6.40. The van der Waals surface area contributed by atoms with Crippen LogP contribution in [0.3, 0.4) is 0 Å². The van der Waals surface area contributed by atoms with E-state index in [4.69, 9.17) is 0 Å². The second-order valence-electron chi connectivity index (χ2n) is 4.26. The van der Waals surface area contributed by atoms with Crippen LogP contribution in [0.5, 0.6) is 0 Å². The third kappa shape index (κ3) is 3.80. The molecule has 0 saturated heterocycles. The van der Waals surface area contributed by atoms with Crippen LogP contribution in [0.15, 0.2) is 47.4 Å². The van der Waals surface area contributed by atoms with Gasteiger partial charge in [-0.2, -0.15) is 0 Å². The highest BCUT2D eigenvalue weighted by molar-refractivity contribution is 7.92. The Morgan fingerprint density at radius 2 is 1.87 bits per heavy atom. The van der Waals surface area contributed by atoms with Gasteiger partial charge in [-0.1, -0.05) is 6.07 Å². The molecule has 1 heterocycles. The zero-order valence-corrected chi connectivity index (χ0v) is 12.6. The Balaban J connectivity index is 2.27. The van der Waals surface area contributed by atoms with Gasteiger partial charge in [0.1, 0.15) is 5.82 Å². The SMILES string of the molecule is COC(=O)c1cccc(NS(=O)(=O)c2ccc([N+](=O)[O-])cc2)n1. The standard InChI is InChI=1S/C13H11N3O6S/c1-22-13(17)11-3-2-4-12(14-11)15-23(20,21)10-7-5-9(6-8-10)16(18)19/h2-8H,1H3,(H,14,15). The number of pyridine rings is 1. The number of esters is 1. The molecule has 9 nitrogen and oxygen atoms in total. The fraction of sp³-hybridized carbons (Fsp3) is 0.0769. The average Bonchev–Trinajstić information content (AvgIpc) is 2.54. The van der Waals surface area contributed by atoms with Crippen molar-refractivity contribution in [1.82, 2.24) is 4.98 Å². The molecule has 120 valence electrons. The maximum absolute atomic E-state index is 12.2. The van der Waals surface area contributed by atoms with Gasteiger partial charge >= 0.3 is 5.97 Å². The van der Waals surface area contributed by atoms with Gasteiger partial charge in [0.2, 0.25) is 0 Å². The lowest BCUT2D eigenvalue weighted by molar-refractivity contribution is -0.384. The summed E-state index contributed by atoms with van der Waals surface area (Å²) in [7, 11) is -2.81. The first-order chi connectivity index (χ1) is 10.8. The molecule has 0 aliphatic carbocycles. The Labute approximate surface area is 131 Å². The van der Waals surface area contributed by atoms with Gasteiger partial charge in [0.15, 0.2) is 5.69 Å². The summed E-state index contributed by atoms with van der Waals surface area (Å²) in [4.78, 5) is 25.0. The van der Waals surface area contributed by atoms with Crippen molar-refractivity contribution < 1.29 is 22.9 Å². The summed E-state index contributed by atoms with van der Waals surface area (Å²) in [6.45, 7) is 0. The average molecular weight is 337 g/mol. The number of methoxy groups -OCH3 is 1. The van der Waals surface area contributed by atoms with Gasteiger partial charge in [0.05, 0.1) is 16.9 Å². The fourth-order valence-electron chi connectivity index (χ4n) is 1.65. The molecule has 0 aliphatic rings. The van der Waals surface area contributed by atoms with E-state index >= 15 is 0 Å². The molecule has 0 bridgehead atoms. The molecule has 1 N–H and O–H groups in total. The highest BCUT2D eigenvalue weighted by Crippen LogP contribution is 2.18. The van der Waals surface area contributed by atoms with Crippen molar-refractivity contribution in [2.24, 2.45) is 0 Å². The first kappa shape index (κ1) is 16.4. The summed E-state index contributed by atoms with van der Waals surface area (Å²) >= 11 is 0. The van der Waals surface area contributed by atoms with Crippen molar-refractivity contribution in [3.63, 3.8) is 0 Å². The summed E-state index contributed by atoms with van der Waals surface area (Å²) in [5.74, 6) is -0.785. The van der Waals surface area contributed by atoms with Gasteiger partial charge < -0.3 is 4.74 Å². The minimum atomic E-state index is -3.99. The molecule has 1 aromatic heterocycles. The second-order valence-corrected chi connectivity index (χ2v) is 5.94. The number of nitrogens with one attached hydrogen (secondary N) is 1. The maximum atomic E-state index is 12.2. The van der Waals surface area contributed by atoms with Crippen LogP contribution in [0.4, 0.5) is 11.5 Å². The van der Waals surface area contributed by atoms with E-state index in [0.29, 0.717) is 0 Å². The van der Waals surface area contributed by atoms with E-state index in [1.165, 1.54) is 25.3 Å². The zero-order valence-electron chi connectivity index (χ0n) is 11.8. The van der Waals surface area contributed by atoms with Crippen molar-refractivity contribution in [3.8, 4) is 0 Å². The molecule has 0 unspecified atom stereocenters. The summed E-state index contributed by atoms with van der Waals surface area (Å²) in [5, 5.41) is 10.6. The lowest BCUT2D eigenvalue weighted by Gasteiger charge is -2.08. The van der Waals surface area contributed by atoms with Crippen LogP contribution in [-0.4, -0.2) is 31.4 Å². The van der Waals surface area contributed by atoms with Crippen LogP contribution in [0.25, 0.3) is 0 Å². The Morgan fingerprint density at radius 1 is 1.22 bits per heavy atom. The van der Waals surface area contributed by atoms with E-state index < -0.39 is 20.9 Å². The van der Waals surface area contributed by atoms with Crippen molar-refractivity contribution in [2.75, 3.05) is 11.8 Å². The lowest BCUT2D eigenvalue weighted by Crippen LogP contribution is -2.15. The molecular weight excluding hydrogens is 326 g/mol. The molecule has 0 fully saturated rings. The van der Waals surface area contributed by atoms with E-state index in [9.17, 15) is 23.3 Å². The summed E-state index contributed by atoms with van der Waals surface area (Å²) in [6.07, 6.45) is 0. The Morgan fingerprint density at radius 3 is 2.43 bits per heavy atom. The normalized spacial score (nSPS) is 10.8. The Hall–Kier alpha value is -3.01. The third-order valence-corrected chi connectivity index (χ3v) is 4.11. The fourth-order valence-corrected chi connectivity index (χ4v) is 2.65. The number of aromatic nitrogens is 1. The molecule has 0 spiro atoms. The van der Waals surface area contributed by atoms with E-state index in [2.05, 4.69) is 14.4 Å². The molecule has 0 radical (unpaired) electrons. The molecule has 2 rings (SSSR count). The Bertz CT molecular complexity index is 848. The number of nitro benzene ring substituents is 1. The Kier molecular flexibility index (Phi) is 4.55. The molecular formula is C13H11N3O6S. The number of sulfonamides is 1. The zero-order chi connectivity index (χ0) is 17.0. The number of carbonyl (C=O) groups is 1. The third-order valence-electron chi connectivity index (χ3n) is 2.74. The van der Waals surface area contributed by atoms with Gasteiger partial charge in [-0.25, -0.2) is 18.2 Å². The van der Waals surface area contributed by atoms with E-state index in [0.717, 1.165) is 24.3 Å². The minimum Gasteiger partial charge on any atom is -0.464 e. The van der Waals surface area contributed by atoms with Crippen molar-refractivity contribution in [1.29, 1.82) is 0 Å².